The maximum absolute atomic E-state index is 13.7. The normalized spacial score (nSPS) is 19.0. The number of likely N-dealkylation sites (tertiary alicyclic amines) is 1. The van der Waals surface area contributed by atoms with Gasteiger partial charge in [0.1, 0.15) is 11.3 Å². The molecule has 1 aliphatic carbocycles. The summed E-state index contributed by atoms with van der Waals surface area (Å²) in [4.78, 5) is 33.4. The predicted octanol–water partition coefficient (Wildman–Crippen LogP) is 5.86. The summed E-state index contributed by atoms with van der Waals surface area (Å²) in [5, 5.41) is 4.51. The number of alkyl carbamates (subject to hydrolysis) is 1. The Hall–Kier alpha value is -2.12. The molecule has 4 rings (SSSR count). The number of hydrogen-bond acceptors (Lipinski definition) is 5. The van der Waals surface area contributed by atoms with Crippen LogP contribution in [0.5, 0.6) is 0 Å². The molecule has 0 radical (unpaired) electrons. The number of rotatable bonds is 5. The van der Waals surface area contributed by atoms with E-state index in [2.05, 4.69) is 5.32 Å². The number of thiazole rings is 1. The van der Waals surface area contributed by atoms with Crippen LogP contribution < -0.4 is 5.32 Å². The average molecular weight is 476 g/mol. The van der Waals surface area contributed by atoms with E-state index in [-0.39, 0.29) is 11.9 Å². The zero-order valence-corrected chi connectivity index (χ0v) is 20.4. The highest BCUT2D eigenvalue weighted by Crippen LogP contribution is 2.45. The summed E-state index contributed by atoms with van der Waals surface area (Å²) in [6.45, 7) is 6.53. The lowest BCUT2D eigenvalue weighted by atomic mass is 10.0. The average Bonchev–Trinajstić information content (AvgIpc) is 3.49. The molecule has 0 spiro atoms. The van der Waals surface area contributed by atoms with Gasteiger partial charge in [-0.15, -0.1) is 11.3 Å². The molecule has 0 bridgehead atoms. The number of nitrogens with one attached hydrogen (secondary N) is 1. The second-order valence-corrected chi connectivity index (χ2v) is 11.0. The number of amides is 2. The summed E-state index contributed by atoms with van der Waals surface area (Å²) in [6, 6.07) is 7.52. The Bertz CT molecular complexity index is 997. The highest BCUT2D eigenvalue weighted by atomic mass is 35.5. The Morgan fingerprint density at radius 3 is 2.72 bits per heavy atom. The molecule has 2 heterocycles. The Kier molecular flexibility index (Phi) is 6.77. The molecule has 1 atom stereocenters. The highest BCUT2D eigenvalue weighted by Gasteiger charge is 2.34. The molecule has 1 saturated carbocycles. The predicted molar refractivity (Wildman–Crippen MR) is 127 cm³/mol. The SMILES string of the molecule is CC(C)(C)OC(=O)NC[C@@H]1CCCCN1C(=O)c1nc(C2CC2)sc1-c1cccc(Cl)c1. The van der Waals surface area contributed by atoms with Crippen LogP contribution in [0.15, 0.2) is 24.3 Å². The van der Waals surface area contributed by atoms with Crippen LogP contribution in [0.2, 0.25) is 5.02 Å². The topological polar surface area (TPSA) is 71.5 Å². The molecule has 2 fully saturated rings. The molecule has 2 aromatic rings. The van der Waals surface area contributed by atoms with Crippen molar-refractivity contribution < 1.29 is 14.3 Å². The number of aromatic nitrogens is 1. The van der Waals surface area contributed by atoms with Crippen LogP contribution in [0, 0.1) is 0 Å². The van der Waals surface area contributed by atoms with E-state index in [9.17, 15) is 9.59 Å². The van der Waals surface area contributed by atoms with E-state index in [0.29, 0.717) is 29.7 Å². The summed E-state index contributed by atoms with van der Waals surface area (Å²) in [7, 11) is 0. The molecule has 172 valence electrons. The van der Waals surface area contributed by atoms with Crippen molar-refractivity contribution in [3.8, 4) is 10.4 Å². The van der Waals surface area contributed by atoms with Gasteiger partial charge in [-0.3, -0.25) is 4.79 Å². The summed E-state index contributed by atoms with van der Waals surface area (Å²) in [5.74, 6) is 0.393. The molecule has 1 aromatic carbocycles. The zero-order valence-electron chi connectivity index (χ0n) is 18.8. The molecule has 8 heteroatoms. The quantitative estimate of drug-likeness (QED) is 0.587. The third kappa shape index (κ3) is 5.62. The number of carbonyl (C=O) groups excluding carboxylic acids is 2. The molecule has 6 nitrogen and oxygen atoms in total. The van der Waals surface area contributed by atoms with Gasteiger partial charge in [0, 0.05) is 30.1 Å². The van der Waals surface area contributed by atoms with Crippen LogP contribution in [-0.4, -0.2) is 46.6 Å². The number of benzene rings is 1. The zero-order chi connectivity index (χ0) is 22.9. The van der Waals surface area contributed by atoms with Crippen molar-refractivity contribution in [2.24, 2.45) is 0 Å². The van der Waals surface area contributed by atoms with E-state index in [4.69, 9.17) is 21.3 Å². The van der Waals surface area contributed by atoms with Crippen LogP contribution in [-0.2, 0) is 4.74 Å². The van der Waals surface area contributed by atoms with Crippen LogP contribution in [0.4, 0.5) is 4.79 Å². The Morgan fingerprint density at radius 2 is 2.03 bits per heavy atom. The van der Waals surface area contributed by atoms with Gasteiger partial charge in [0.2, 0.25) is 0 Å². The standard InChI is InChI=1S/C24H30ClN3O3S/c1-24(2,3)31-23(30)26-14-18-9-4-5-12-28(18)22(29)19-20(16-7-6-8-17(25)13-16)32-21(27-19)15-10-11-15/h6-8,13,15,18H,4-5,9-12,14H2,1-3H3,(H,26,30)/t18-/m0/s1. The molecular weight excluding hydrogens is 446 g/mol. The van der Waals surface area contributed by atoms with Crippen molar-refractivity contribution in [2.75, 3.05) is 13.1 Å². The molecule has 0 unspecified atom stereocenters. The number of halogens is 1. The fourth-order valence-corrected chi connectivity index (χ4v) is 5.36. The van der Waals surface area contributed by atoms with Gasteiger partial charge in [-0.25, -0.2) is 9.78 Å². The Labute approximate surface area is 198 Å². The minimum absolute atomic E-state index is 0.0705. The van der Waals surface area contributed by atoms with Gasteiger partial charge in [0.25, 0.3) is 5.91 Å². The molecule has 1 saturated heterocycles. The first-order chi connectivity index (χ1) is 15.2. The van der Waals surface area contributed by atoms with Gasteiger partial charge in [-0.2, -0.15) is 0 Å². The second-order valence-electron chi connectivity index (χ2n) is 9.55. The molecule has 1 aromatic heterocycles. The van der Waals surface area contributed by atoms with E-state index in [1.54, 1.807) is 11.3 Å². The number of nitrogens with zero attached hydrogens (tertiary/aromatic N) is 2. The first-order valence-electron chi connectivity index (χ1n) is 11.3. The van der Waals surface area contributed by atoms with Gasteiger partial charge >= 0.3 is 6.09 Å². The Morgan fingerprint density at radius 1 is 1.25 bits per heavy atom. The van der Waals surface area contributed by atoms with Crippen LogP contribution in [0.1, 0.15) is 74.3 Å². The number of hydrogen-bond donors (Lipinski definition) is 1. The fraction of sp³-hybridized carbons (Fsp3) is 0.542. The molecule has 2 amide bonds. The van der Waals surface area contributed by atoms with Crippen molar-refractivity contribution >= 4 is 34.9 Å². The van der Waals surface area contributed by atoms with Crippen LogP contribution in [0.3, 0.4) is 0 Å². The van der Waals surface area contributed by atoms with E-state index < -0.39 is 11.7 Å². The van der Waals surface area contributed by atoms with Crippen molar-refractivity contribution in [3.63, 3.8) is 0 Å². The summed E-state index contributed by atoms with van der Waals surface area (Å²) >= 11 is 7.84. The van der Waals surface area contributed by atoms with Crippen LogP contribution in [0.25, 0.3) is 10.4 Å². The molecule has 2 aliphatic rings. The summed E-state index contributed by atoms with van der Waals surface area (Å²) in [6.07, 6.45) is 4.61. The van der Waals surface area contributed by atoms with E-state index in [1.165, 1.54) is 0 Å². The molecule has 32 heavy (non-hydrogen) atoms. The second kappa shape index (κ2) is 9.40. The molecule has 1 N–H and O–H groups in total. The van der Waals surface area contributed by atoms with E-state index >= 15 is 0 Å². The third-order valence-electron chi connectivity index (χ3n) is 5.63. The largest absolute Gasteiger partial charge is 0.444 e. The fourth-order valence-electron chi connectivity index (χ4n) is 3.94. The molecular formula is C24H30ClN3O3S. The maximum atomic E-state index is 13.7. The first kappa shape index (κ1) is 23.1. The van der Waals surface area contributed by atoms with Crippen molar-refractivity contribution in [1.82, 2.24) is 15.2 Å². The lowest BCUT2D eigenvalue weighted by Gasteiger charge is -2.35. The van der Waals surface area contributed by atoms with Gasteiger partial charge in [0.15, 0.2) is 0 Å². The van der Waals surface area contributed by atoms with Gasteiger partial charge < -0.3 is 15.0 Å². The van der Waals surface area contributed by atoms with Gasteiger partial charge in [-0.05, 0) is 70.6 Å². The lowest BCUT2D eigenvalue weighted by Crippen LogP contribution is -2.50. The molecule has 1 aliphatic heterocycles. The Balaban J connectivity index is 1.56. The lowest BCUT2D eigenvalue weighted by molar-refractivity contribution is 0.0461. The summed E-state index contributed by atoms with van der Waals surface area (Å²) in [5.41, 5.74) is 0.867. The van der Waals surface area contributed by atoms with Crippen LogP contribution >= 0.6 is 22.9 Å². The maximum Gasteiger partial charge on any atom is 0.407 e. The van der Waals surface area contributed by atoms with Crippen molar-refractivity contribution in [2.45, 2.75) is 70.4 Å². The highest BCUT2D eigenvalue weighted by molar-refractivity contribution is 7.15. The van der Waals surface area contributed by atoms with Gasteiger partial charge in [0.05, 0.1) is 9.88 Å². The smallest absolute Gasteiger partial charge is 0.407 e. The van der Waals surface area contributed by atoms with Crippen molar-refractivity contribution in [1.29, 1.82) is 0 Å². The third-order valence-corrected chi connectivity index (χ3v) is 7.13. The minimum atomic E-state index is -0.558. The van der Waals surface area contributed by atoms with Crippen molar-refractivity contribution in [3.05, 3.63) is 40.0 Å². The van der Waals surface area contributed by atoms with E-state index in [1.807, 2.05) is 49.9 Å². The monoisotopic (exact) mass is 475 g/mol. The number of carbonyl (C=O) groups is 2. The van der Waals surface area contributed by atoms with Gasteiger partial charge in [-0.1, -0.05) is 23.7 Å². The van der Waals surface area contributed by atoms with E-state index in [0.717, 1.165) is 47.6 Å². The summed E-state index contributed by atoms with van der Waals surface area (Å²) < 4.78 is 5.36. The first-order valence-corrected chi connectivity index (χ1v) is 12.5. The number of piperidine rings is 1. The number of ether oxygens (including phenoxy) is 1. The minimum Gasteiger partial charge on any atom is -0.444 e.